The smallest absolute Gasteiger partial charge is 0.203 e. The van der Waals surface area contributed by atoms with Crippen molar-refractivity contribution >= 4 is 16.7 Å². The highest BCUT2D eigenvalue weighted by atomic mass is 32.1. The number of aromatic nitrogens is 2. The molecule has 2 aromatic rings. The molecule has 2 rings (SSSR count). The molecular weight excluding hydrogens is 270 g/mol. The second kappa shape index (κ2) is 6.33. The monoisotopic (exact) mass is 291 g/mol. The first-order chi connectivity index (χ1) is 9.50. The third kappa shape index (κ3) is 3.77. The number of hydrogen-bond donors (Lipinski definition) is 1. The summed E-state index contributed by atoms with van der Waals surface area (Å²) in [5.74, 6) is 0.870. The minimum absolute atomic E-state index is 0.0278. The lowest BCUT2D eigenvalue weighted by Gasteiger charge is -2.17. The van der Waals surface area contributed by atoms with Gasteiger partial charge in [0.15, 0.2) is 0 Å². The van der Waals surface area contributed by atoms with Gasteiger partial charge < -0.3 is 10.1 Å². The molecule has 1 atom stereocenters. The first kappa shape index (κ1) is 14.9. The van der Waals surface area contributed by atoms with Crippen LogP contribution in [0.15, 0.2) is 30.3 Å². The number of rotatable bonds is 5. The predicted octanol–water partition coefficient (Wildman–Crippen LogP) is 3.64. The van der Waals surface area contributed by atoms with E-state index in [4.69, 9.17) is 4.74 Å². The largest absolute Gasteiger partial charge is 0.382 e. The number of methoxy groups -OCH3 is 1. The summed E-state index contributed by atoms with van der Waals surface area (Å²) >= 11 is 1.40. The molecule has 0 spiro atoms. The van der Waals surface area contributed by atoms with Crippen LogP contribution in [0.25, 0.3) is 0 Å². The van der Waals surface area contributed by atoms with Crippen LogP contribution in [0.1, 0.15) is 38.2 Å². The van der Waals surface area contributed by atoms with Crippen LogP contribution in [0.5, 0.6) is 0 Å². The molecule has 0 saturated carbocycles. The van der Waals surface area contributed by atoms with Crippen LogP contribution in [-0.2, 0) is 10.2 Å². The van der Waals surface area contributed by atoms with Gasteiger partial charge in [0.2, 0.25) is 5.13 Å². The molecule has 1 aromatic carbocycles. The molecule has 1 N–H and O–H groups in total. The summed E-state index contributed by atoms with van der Waals surface area (Å²) in [5.41, 5.74) is 1.15. The Kier molecular flexibility index (Phi) is 4.73. The van der Waals surface area contributed by atoms with E-state index in [1.54, 1.807) is 7.11 Å². The molecule has 1 unspecified atom stereocenters. The Balaban J connectivity index is 2.15. The van der Waals surface area contributed by atoms with Gasteiger partial charge >= 0.3 is 0 Å². The van der Waals surface area contributed by atoms with Crippen LogP contribution < -0.4 is 5.32 Å². The first-order valence-electron chi connectivity index (χ1n) is 6.65. The van der Waals surface area contributed by atoms with Crippen LogP contribution in [0.3, 0.4) is 0 Å². The van der Waals surface area contributed by atoms with Gasteiger partial charge in [0.25, 0.3) is 0 Å². The highest BCUT2D eigenvalue weighted by Crippen LogP contribution is 2.26. The number of ether oxygens (including phenoxy) is 1. The van der Waals surface area contributed by atoms with Crippen molar-refractivity contribution < 1.29 is 4.74 Å². The average Bonchev–Trinajstić information content (AvgIpc) is 2.88. The van der Waals surface area contributed by atoms with Gasteiger partial charge in [-0.2, -0.15) is 4.37 Å². The third-order valence-corrected chi connectivity index (χ3v) is 3.58. The maximum absolute atomic E-state index is 5.30. The summed E-state index contributed by atoms with van der Waals surface area (Å²) in [7, 11) is 1.71. The number of benzene rings is 1. The van der Waals surface area contributed by atoms with E-state index in [1.807, 2.05) is 18.2 Å². The zero-order chi connectivity index (χ0) is 14.6. The summed E-state index contributed by atoms with van der Waals surface area (Å²) in [5, 5.41) is 4.24. The van der Waals surface area contributed by atoms with Crippen molar-refractivity contribution in [3.63, 3.8) is 0 Å². The fourth-order valence-electron chi connectivity index (χ4n) is 1.81. The van der Waals surface area contributed by atoms with Crippen LogP contribution >= 0.6 is 11.5 Å². The molecule has 1 aromatic heterocycles. The van der Waals surface area contributed by atoms with Gasteiger partial charge in [-0.1, -0.05) is 51.1 Å². The number of hydrogen-bond acceptors (Lipinski definition) is 5. The van der Waals surface area contributed by atoms with Crippen molar-refractivity contribution in [3.05, 3.63) is 41.7 Å². The van der Waals surface area contributed by atoms with Crippen molar-refractivity contribution in [1.29, 1.82) is 0 Å². The maximum atomic E-state index is 5.30. The molecule has 0 amide bonds. The summed E-state index contributed by atoms with van der Waals surface area (Å²) in [6, 6.07) is 10.3. The van der Waals surface area contributed by atoms with E-state index in [0.29, 0.717) is 6.61 Å². The maximum Gasteiger partial charge on any atom is 0.203 e. The van der Waals surface area contributed by atoms with Crippen LogP contribution in [0.4, 0.5) is 5.13 Å². The molecule has 0 saturated heterocycles. The minimum Gasteiger partial charge on any atom is -0.382 e. The summed E-state index contributed by atoms with van der Waals surface area (Å²) in [4.78, 5) is 4.57. The van der Waals surface area contributed by atoms with Gasteiger partial charge in [-0.05, 0) is 5.56 Å². The Bertz CT molecular complexity index is 534. The molecule has 20 heavy (non-hydrogen) atoms. The van der Waals surface area contributed by atoms with Gasteiger partial charge in [-0.25, -0.2) is 4.98 Å². The van der Waals surface area contributed by atoms with Crippen molar-refractivity contribution in [2.45, 2.75) is 32.2 Å². The van der Waals surface area contributed by atoms with Crippen LogP contribution in [-0.4, -0.2) is 23.1 Å². The fraction of sp³-hybridized carbons (Fsp3) is 0.467. The Morgan fingerprint density at radius 3 is 2.50 bits per heavy atom. The number of nitrogens with zero attached hydrogens (tertiary/aromatic N) is 2. The molecule has 0 radical (unpaired) electrons. The molecule has 0 fully saturated rings. The minimum atomic E-state index is -0.0278. The van der Waals surface area contributed by atoms with Crippen molar-refractivity contribution in [1.82, 2.24) is 9.36 Å². The molecular formula is C15H21N3OS. The molecule has 0 aliphatic carbocycles. The predicted molar refractivity (Wildman–Crippen MR) is 83.3 cm³/mol. The SMILES string of the molecule is COCC(Nc1nc(C(C)(C)C)ns1)c1ccccc1. The van der Waals surface area contributed by atoms with Gasteiger partial charge in [0, 0.05) is 24.1 Å². The third-order valence-electron chi connectivity index (χ3n) is 2.93. The molecule has 1 heterocycles. The standard InChI is InChI=1S/C15H21N3OS/c1-15(2,3)13-17-14(20-18-13)16-12(10-19-4)11-8-6-5-7-9-11/h5-9,12H,10H2,1-4H3,(H,16,17,18). The highest BCUT2D eigenvalue weighted by Gasteiger charge is 2.21. The average molecular weight is 291 g/mol. The molecule has 5 heteroatoms. The molecule has 0 aliphatic rings. The lowest BCUT2D eigenvalue weighted by Crippen LogP contribution is -2.17. The Morgan fingerprint density at radius 2 is 1.95 bits per heavy atom. The van der Waals surface area contributed by atoms with E-state index in [-0.39, 0.29) is 11.5 Å². The van der Waals surface area contributed by atoms with Gasteiger partial charge in [0.1, 0.15) is 5.82 Å². The topological polar surface area (TPSA) is 47.0 Å². The molecule has 0 aliphatic heterocycles. The van der Waals surface area contributed by atoms with Crippen LogP contribution in [0.2, 0.25) is 0 Å². The van der Waals surface area contributed by atoms with Crippen molar-refractivity contribution in [3.8, 4) is 0 Å². The number of anilines is 1. The van der Waals surface area contributed by atoms with Crippen molar-refractivity contribution in [2.24, 2.45) is 0 Å². The molecule has 108 valence electrons. The van der Waals surface area contributed by atoms with E-state index in [9.17, 15) is 0 Å². The lowest BCUT2D eigenvalue weighted by molar-refractivity contribution is 0.186. The quantitative estimate of drug-likeness (QED) is 0.913. The van der Waals surface area contributed by atoms with E-state index in [1.165, 1.54) is 17.1 Å². The van der Waals surface area contributed by atoms with Gasteiger partial charge in [-0.15, -0.1) is 0 Å². The zero-order valence-electron chi connectivity index (χ0n) is 12.4. The zero-order valence-corrected chi connectivity index (χ0v) is 13.2. The van der Waals surface area contributed by atoms with E-state index in [2.05, 4.69) is 47.6 Å². The summed E-state index contributed by atoms with van der Waals surface area (Å²) in [6.07, 6.45) is 0. The summed E-state index contributed by atoms with van der Waals surface area (Å²) in [6.45, 7) is 6.93. The van der Waals surface area contributed by atoms with E-state index >= 15 is 0 Å². The van der Waals surface area contributed by atoms with Crippen LogP contribution in [0, 0.1) is 0 Å². The second-order valence-electron chi connectivity index (χ2n) is 5.74. The second-order valence-corrected chi connectivity index (χ2v) is 6.49. The molecule has 0 bridgehead atoms. The Labute approximate surface area is 124 Å². The normalized spacial score (nSPS) is 13.2. The summed E-state index contributed by atoms with van der Waals surface area (Å²) < 4.78 is 9.72. The number of nitrogens with one attached hydrogen (secondary N) is 1. The Hall–Kier alpha value is -1.46. The van der Waals surface area contributed by atoms with E-state index in [0.717, 1.165) is 11.0 Å². The highest BCUT2D eigenvalue weighted by molar-refractivity contribution is 7.09. The van der Waals surface area contributed by atoms with Gasteiger partial charge in [0.05, 0.1) is 12.6 Å². The fourth-order valence-corrected chi connectivity index (χ4v) is 2.62. The van der Waals surface area contributed by atoms with Gasteiger partial charge in [-0.3, -0.25) is 0 Å². The first-order valence-corrected chi connectivity index (χ1v) is 7.42. The van der Waals surface area contributed by atoms with Crippen molar-refractivity contribution in [2.75, 3.05) is 19.0 Å². The molecule has 4 nitrogen and oxygen atoms in total. The lowest BCUT2D eigenvalue weighted by atomic mass is 9.96. The van der Waals surface area contributed by atoms with E-state index < -0.39 is 0 Å². The Morgan fingerprint density at radius 1 is 1.25 bits per heavy atom.